The fourth-order valence-electron chi connectivity index (χ4n) is 1.50. The molecule has 0 heterocycles. The third-order valence-electron chi connectivity index (χ3n) is 2.43. The smallest absolute Gasteiger partial charge is 0.307 e. The maximum atomic E-state index is 13.6. The van der Waals surface area contributed by atoms with Crippen LogP contribution < -0.4 is 4.74 Å². The van der Waals surface area contributed by atoms with Crippen molar-refractivity contribution in [1.82, 2.24) is 0 Å². The van der Waals surface area contributed by atoms with Gasteiger partial charge in [-0.1, -0.05) is 12.1 Å². The van der Waals surface area contributed by atoms with E-state index >= 15 is 0 Å². The molecule has 0 spiro atoms. The molecular weight excluding hydrogens is 270 g/mol. The summed E-state index contributed by atoms with van der Waals surface area (Å²) in [5.41, 5.74) is -0.853. The van der Waals surface area contributed by atoms with Crippen LogP contribution in [-0.2, 0) is 0 Å². The lowest BCUT2D eigenvalue weighted by molar-refractivity contribution is -0.387. The highest BCUT2D eigenvalue weighted by molar-refractivity contribution is 5.47. The minimum Gasteiger partial charge on any atom is -0.453 e. The monoisotopic (exact) mass is 276 g/mol. The molecule has 5 nitrogen and oxygen atoms in total. The van der Waals surface area contributed by atoms with Crippen molar-refractivity contribution in [1.29, 1.82) is 5.26 Å². The Morgan fingerprint density at radius 3 is 2.50 bits per heavy atom. The van der Waals surface area contributed by atoms with Gasteiger partial charge in [0, 0.05) is 6.07 Å². The minimum absolute atomic E-state index is 0.0298. The number of para-hydroxylation sites is 1. The van der Waals surface area contributed by atoms with E-state index in [0.29, 0.717) is 12.1 Å². The molecule has 0 unspecified atom stereocenters. The van der Waals surface area contributed by atoms with Crippen molar-refractivity contribution >= 4 is 5.69 Å². The molecule has 0 fully saturated rings. The van der Waals surface area contributed by atoms with E-state index in [4.69, 9.17) is 10.00 Å². The molecule has 2 aromatic carbocycles. The van der Waals surface area contributed by atoms with E-state index in [0.717, 1.165) is 0 Å². The first-order valence-corrected chi connectivity index (χ1v) is 5.33. The number of nitrogens with zero attached hydrogens (tertiary/aromatic N) is 2. The maximum absolute atomic E-state index is 13.6. The Morgan fingerprint density at radius 1 is 1.15 bits per heavy atom. The summed E-state index contributed by atoms with van der Waals surface area (Å²) in [5.74, 6) is -2.82. The van der Waals surface area contributed by atoms with E-state index in [2.05, 4.69) is 0 Å². The molecule has 2 rings (SSSR count). The number of nitriles is 1. The van der Waals surface area contributed by atoms with Gasteiger partial charge in [0.15, 0.2) is 11.6 Å². The first-order valence-electron chi connectivity index (χ1n) is 5.33. The second-order valence-electron chi connectivity index (χ2n) is 3.70. The Labute approximate surface area is 111 Å². The van der Waals surface area contributed by atoms with Crippen LogP contribution >= 0.6 is 0 Å². The van der Waals surface area contributed by atoms with Crippen molar-refractivity contribution < 1.29 is 18.4 Å². The molecule has 0 saturated heterocycles. The standard InChI is InChI=1S/C13H6F2N2O3/c14-9-6-13(10(15)5-11(9)17(18)19)20-12-4-2-1-3-8(12)7-16/h1-6H. The number of nitro benzene ring substituents is 1. The summed E-state index contributed by atoms with van der Waals surface area (Å²) in [6.45, 7) is 0. The van der Waals surface area contributed by atoms with Crippen LogP contribution in [-0.4, -0.2) is 4.92 Å². The number of nitro groups is 1. The molecule has 2 aromatic rings. The van der Waals surface area contributed by atoms with Crippen LogP contribution in [0, 0.1) is 33.1 Å². The fourth-order valence-corrected chi connectivity index (χ4v) is 1.50. The van der Waals surface area contributed by atoms with Crippen LogP contribution in [0.2, 0.25) is 0 Å². The molecule has 0 bridgehead atoms. The van der Waals surface area contributed by atoms with E-state index in [9.17, 15) is 18.9 Å². The highest BCUT2D eigenvalue weighted by Crippen LogP contribution is 2.31. The van der Waals surface area contributed by atoms with Gasteiger partial charge in [0.2, 0.25) is 5.82 Å². The number of hydrogen-bond donors (Lipinski definition) is 0. The van der Waals surface area contributed by atoms with Gasteiger partial charge in [0.1, 0.15) is 11.8 Å². The lowest BCUT2D eigenvalue weighted by Gasteiger charge is -2.08. The highest BCUT2D eigenvalue weighted by Gasteiger charge is 2.20. The molecule has 0 aliphatic carbocycles. The van der Waals surface area contributed by atoms with Crippen molar-refractivity contribution in [3.8, 4) is 17.6 Å². The molecule has 0 aromatic heterocycles. The zero-order valence-electron chi connectivity index (χ0n) is 9.84. The van der Waals surface area contributed by atoms with Gasteiger partial charge in [0.05, 0.1) is 16.6 Å². The molecule has 0 aliphatic heterocycles. The van der Waals surface area contributed by atoms with Crippen LogP contribution in [0.25, 0.3) is 0 Å². The van der Waals surface area contributed by atoms with E-state index in [1.165, 1.54) is 12.1 Å². The van der Waals surface area contributed by atoms with Crippen molar-refractivity contribution in [2.45, 2.75) is 0 Å². The molecule has 0 N–H and O–H groups in total. The van der Waals surface area contributed by atoms with Gasteiger partial charge >= 0.3 is 5.69 Å². The van der Waals surface area contributed by atoms with Gasteiger partial charge in [-0.3, -0.25) is 10.1 Å². The molecule has 20 heavy (non-hydrogen) atoms. The van der Waals surface area contributed by atoms with Gasteiger partial charge in [-0.25, -0.2) is 4.39 Å². The Balaban J connectivity index is 2.43. The SMILES string of the molecule is N#Cc1ccccc1Oc1cc(F)c([N+](=O)[O-])cc1F. The van der Waals surface area contributed by atoms with Crippen LogP contribution in [0.4, 0.5) is 14.5 Å². The summed E-state index contributed by atoms with van der Waals surface area (Å²) in [7, 11) is 0. The average Bonchev–Trinajstić information content (AvgIpc) is 2.42. The fraction of sp³-hybridized carbons (Fsp3) is 0. The molecule has 100 valence electrons. The Morgan fingerprint density at radius 2 is 1.85 bits per heavy atom. The molecule has 7 heteroatoms. The number of hydrogen-bond acceptors (Lipinski definition) is 4. The summed E-state index contributed by atoms with van der Waals surface area (Å²) in [5, 5.41) is 19.3. The molecule has 0 atom stereocenters. The van der Waals surface area contributed by atoms with Gasteiger partial charge in [0.25, 0.3) is 0 Å². The van der Waals surface area contributed by atoms with Crippen LogP contribution in [0.3, 0.4) is 0 Å². The summed E-state index contributed by atoms with van der Waals surface area (Å²) in [4.78, 5) is 9.42. The predicted octanol–water partition coefficient (Wildman–Crippen LogP) is 3.54. The summed E-state index contributed by atoms with van der Waals surface area (Å²) < 4.78 is 32.1. The second-order valence-corrected chi connectivity index (χ2v) is 3.70. The van der Waals surface area contributed by atoms with E-state index in [-0.39, 0.29) is 11.3 Å². The van der Waals surface area contributed by atoms with Crippen LogP contribution in [0.1, 0.15) is 5.56 Å². The third kappa shape index (κ3) is 2.54. The highest BCUT2D eigenvalue weighted by atomic mass is 19.1. The zero-order valence-corrected chi connectivity index (χ0v) is 9.84. The second kappa shape index (κ2) is 5.32. The quantitative estimate of drug-likeness (QED) is 0.634. The normalized spacial score (nSPS) is 9.85. The average molecular weight is 276 g/mol. The van der Waals surface area contributed by atoms with E-state index in [1.807, 2.05) is 6.07 Å². The molecular formula is C13H6F2N2O3. The van der Waals surface area contributed by atoms with E-state index < -0.39 is 28.0 Å². The Bertz CT molecular complexity index is 726. The lowest BCUT2D eigenvalue weighted by atomic mass is 10.2. The van der Waals surface area contributed by atoms with Gasteiger partial charge in [-0.05, 0) is 12.1 Å². The van der Waals surface area contributed by atoms with Crippen LogP contribution in [0.15, 0.2) is 36.4 Å². The molecule has 0 saturated carbocycles. The topological polar surface area (TPSA) is 76.2 Å². The van der Waals surface area contributed by atoms with Gasteiger partial charge in [-0.2, -0.15) is 9.65 Å². The molecule has 0 amide bonds. The van der Waals surface area contributed by atoms with Crippen LogP contribution in [0.5, 0.6) is 11.5 Å². The van der Waals surface area contributed by atoms with Crippen molar-refractivity contribution in [3.63, 3.8) is 0 Å². The molecule has 0 aliphatic rings. The zero-order chi connectivity index (χ0) is 14.7. The summed E-state index contributed by atoms with van der Waals surface area (Å²) in [6, 6.07) is 8.80. The Hall–Kier alpha value is -3.01. The number of rotatable bonds is 3. The van der Waals surface area contributed by atoms with Crippen molar-refractivity contribution in [3.05, 3.63) is 63.7 Å². The Kier molecular flexibility index (Phi) is 3.57. The van der Waals surface area contributed by atoms with Gasteiger partial charge in [-0.15, -0.1) is 0 Å². The number of ether oxygens (including phenoxy) is 1. The minimum atomic E-state index is -1.22. The van der Waals surface area contributed by atoms with Crippen molar-refractivity contribution in [2.75, 3.05) is 0 Å². The summed E-state index contributed by atoms with van der Waals surface area (Å²) >= 11 is 0. The van der Waals surface area contributed by atoms with Gasteiger partial charge < -0.3 is 4.74 Å². The summed E-state index contributed by atoms with van der Waals surface area (Å²) in [6.07, 6.45) is 0. The first kappa shape index (κ1) is 13.4. The number of benzene rings is 2. The van der Waals surface area contributed by atoms with E-state index in [1.54, 1.807) is 12.1 Å². The number of halogens is 2. The predicted molar refractivity (Wildman–Crippen MR) is 64.2 cm³/mol. The van der Waals surface area contributed by atoms with Crippen molar-refractivity contribution in [2.24, 2.45) is 0 Å². The lowest BCUT2D eigenvalue weighted by Crippen LogP contribution is -1.97. The third-order valence-corrected chi connectivity index (χ3v) is 2.43. The largest absolute Gasteiger partial charge is 0.453 e. The first-order chi connectivity index (χ1) is 9.52. The molecule has 0 radical (unpaired) electrons. The maximum Gasteiger partial charge on any atom is 0.307 e.